The molecule has 1 saturated heterocycles. The molecule has 20 heavy (non-hydrogen) atoms. The highest BCUT2D eigenvalue weighted by atomic mass is 32.1. The molecule has 0 amide bonds. The number of nitrogens with one attached hydrogen (secondary N) is 1. The number of hydrogen-bond acceptors (Lipinski definition) is 6. The van der Waals surface area contributed by atoms with E-state index in [0.29, 0.717) is 11.7 Å². The molecule has 1 aromatic rings. The molecule has 1 atom stereocenters. The number of ether oxygens (including phenoxy) is 2. The number of carbonyl (C=O) groups excluding carboxylic acids is 1. The lowest BCUT2D eigenvalue weighted by atomic mass is 9.86. The third-order valence-corrected chi connectivity index (χ3v) is 4.78. The van der Waals surface area contributed by atoms with Gasteiger partial charge in [-0.3, -0.25) is 0 Å². The van der Waals surface area contributed by atoms with Crippen molar-refractivity contribution in [1.82, 2.24) is 4.98 Å². The standard InChI is InChI=1S/C14H22N2O3S/c1-4-14(5-2)8-10(6-7-19-14)15-13-16-11(9-20-13)12(17)18-3/h9-10H,4-8H2,1-3H3,(H,15,16). The van der Waals surface area contributed by atoms with Gasteiger partial charge in [0.1, 0.15) is 0 Å². The molecule has 0 bridgehead atoms. The van der Waals surface area contributed by atoms with Crippen LogP contribution in [0.1, 0.15) is 50.0 Å². The van der Waals surface area contributed by atoms with Crippen molar-refractivity contribution in [3.8, 4) is 0 Å². The van der Waals surface area contributed by atoms with Crippen LogP contribution in [0.4, 0.5) is 5.13 Å². The second-order valence-corrected chi connectivity index (χ2v) is 5.96. The summed E-state index contributed by atoms with van der Waals surface area (Å²) < 4.78 is 10.6. The van der Waals surface area contributed by atoms with Crippen molar-refractivity contribution in [2.24, 2.45) is 0 Å². The average molecular weight is 298 g/mol. The lowest BCUT2D eigenvalue weighted by Gasteiger charge is -2.40. The molecule has 2 rings (SSSR count). The van der Waals surface area contributed by atoms with Crippen molar-refractivity contribution in [2.75, 3.05) is 19.0 Å². The van der Waals surface area contributed by atoms with Crippen LogP contribution >= 0.6 is 11.3 Å². The number of aromatic nitrogens is 1. The highest BCUT2D eigenvalue weighted by molar-refractivity contribution is 7.13. The third kappa shape index (κ3) is 3.30. The maximum absolute atomic E-state index is 11.4. The molecular weight excluding hydrogens is 276 g/mol. The first-order valence-corrected chi connectivity index (χ1v) is 7.94. The summed E-state index contributed by atoms with van der Waals surface area (Å²) in [6.07, 6.45) is 3.99. The Hall–Kier alpha value is -1.14. The van der Waals surface area contributed by atoms with Crippen molar-refractivity contribution in [2.45, 2.75) is 51.2 Å². The molecule has 0 radical (unpaired) electrons. The molecule has 1 N–H and O–H groups in total. The van der Waals surface area contributed by atoms with Crippen LogP contribution < -0.4 is 5.32 Å². The number of methoxy groups -OCH3 is 1. The zero-order chi connectivity index (χ0) is 14.6. The van der Waals surface area contributed by atoms with E-state index in [1.807, 2.05) is 0 Å². The maximum Gasteiger partial charge on any atom is 0.357 e. The summed E-state index contributed by atoms with van der Waals surface area (Å²) in [4.78, 5) is 15.7. The number of rotatable bonds is 5. The molecule has 1 unspecified atom stereocenters. The summed E-state index contributed by atoms with van der Waals surface area (Å²) in [6, 6.07) is 0.347. The van der Waals surface area contributed by atoms with Gasteiger partial charge >= 0.3 is 5.97 Å². The van der Waals surface area contributed by atoms with Gasteiger partial charge in [-0.1, -0.05) is 13.8 Å². The molecule has 0 saturated carbocycles. The molecular formula is C14H22N2O3S. The molecule has 1 aliphatic heterocycles. The summed E-state index contributed by atoms with van der Waals surface area (Å²) >= 11 is 1.44. The summed E-state index contributed by atoms with van der Waals surface area (Å²) in [6.45, 7) is 5.11. The number of anilines is 1. The van der Waals surface area contributed by atoms with E-state index in [9.17, 15) is 4.79 Å². The molecule has 6 heteroatoms. The van der Waals surface area contributed by atoms with E-state index in [-0.39, 0.29) is 5.60 Å². The van der Waals surface area contributed by atoms with Crippen LogP contribution in [-0.2, 0) is 9.47 Å². The Morgan fingerprint density at radius 3 is 3.00 bits per heavy atom. The summed E-state index contributed by atoms with van der Waals surface area (Å²) in [7, 11) is 1.37. The van der Waals surface area contributed by atoms with E-state index in [0.717, 1.165) is 37.4 Å². The SMILES string of the molecule is CCC1(CC)CC(Nc2nc(C(=O)OC)cs2)CCO1. The van der Waals surface area contributed by atoms with Gasteiger partial charge < -0.3 is 14.8 Å². The fraction of sp³-hybridized carbons (Fsp3) is 0.714. The minimum absolute atomic E-state index is 0.0155. The molecule has 2 heterocycles. The van der Waals surface area contributed by atoms with E-state index in [1.54, 1.807) is 5.38 Å². The first kappa shape index (κ1) is 15.3. The van der Waals surface area contributed by atoms with Gasteiger partial charge in [-0.05, 0) is 25.7 Å². The van der Waals surface area contributed by atoms with E-state index in [1.165, 1.54) is 18.4 Å². The van der Waals surface area contributed by atoms with Crippen LogP contribution in [0.3, 0.4) is 0 Å². The lowest BCUT2D eigenvalue weighted by molar-refractivity contribution is -0.0864. The topological polar surface area (TPSA) is 60.5 Å². The fourth-order valence-electron chi connectivity index (χ4n) is 2.61. The van der Waals surface area contributed by atoms with Crippen LogP contribution in [-0.4, -0.2) is 36.3 Å². The van der Waals surface area contributed by atoms with Gasteiger partial charge in [-0.2, -0.15) is 0 Å². The Balaban J connectivity index is 1.99. The molecule has 1 aliphatic rings. The van der Waals surface area contributed by atoms with Crippen LogP contribution in [0.15, 0.2) is 5.38 Å². The van der Waals surface area contributed by atoms with Crippen LogP contribution in [0, 0.1) is 0 Å². The second-order valence-electron chi connectivity index (χ2n) is 5.10. The van der Waals surface area contributed by atoms with Gasteiger partial charge in [0.05, 0.1) is 12.7 Å². The minimum Gasteiger partial charge on any atom is -0.464 e. The lowest BCUT2D eigenvalue weighted by Crippen LogP contribution is -2.43. The van der Waals surface area contributed by atoms with E-state index in [2.05, 4.69) is 28.9 Å². The predicted molar refractivity (Wildman–Crippen MR) is 79.4 cm³/mol. The van der Waals surface area contributed by atoms with Gasteiger partial charge in [0.2, 0.25) is 0 Å². The van der Waals surface area contributed by atoms with E-state index in [4.69, 9.17) is 4.74 Å². The number of esters is 1. The van der Waals surface area contributed by atoms with Crippen molar-refractivity contribution >= 4 is 22.4 Å². The van der Waals surface area contributed by atoms with Crippen molar-refractivity contribution in [3.05, 3.63) is 11.1 Å². The quantitative estimate of drug-likeness (QED) is 0.846. The molecule has 0 aromatic carbocycles. The molecule has 1 aromatic heterocycles. The van der Waals surface area contributed by atoms with E-state index >= 15 is 0 Å². The number of carbonyl (C=O) groups is 1. The highest BCUT2D eigenvalue weighted by Crippen LogP contribution is 2.33. The number of thiazole rings is 1. The van der Waals surface area contributed by atoms with Crippen LogP contribution in [0.2, 0.25) is 0 Å². The maximum atomic E-state index is 11.4. The molecule has 112 valence electrons. The number of nitrogens with zero attached hydrogens (tertiary/aromatic N) is 1. The van der Waals surface area contributed by atoms with Gasteiger partial charge in [0.25, 0.3) is 0 Å². The largest absolute Gasteiger partial charge is 0.464 e. The summed E-state index contributed by atoms with van der Waals surface area (Å²) in [5.41, 5.74) is 0.350. The smallest absolute Gasteiger partial charge is 0.357 e. The first-order chi connectivity index (χ1) is 9.62. The molecule has 1 fully saturated rings. The van der Waals surface area contributed by atoms with E-state index < -0.39 is 5.97 Å². The Labute approximate surface area is 123 Å². The van der Waals surface area contributed by atoms with Crippen molar-refractivity contribution in [1.29, 1.82) is 0 Å². The van der Waals surface area contributed by atoms with Crippen molar-refractivity contribution < 1.29 is 14.3 Å². The summed E-state index contributed by atoms with van der Waals surface area (Å²) in [5, 5.41) is 5.92. The first-order valence-electron chi connectivity index (χ1n) is 7.07. The third-order valence-electron chi connectivity index (χ3n) is 4.01. The zero-order valence-electron chi connectivity index (χ0n) is 12.3. The van der Waals surface area contributed by atoms with Gasteiger partial charge in [-0.25, -0.2) is 9.78 Å². The van der Waals surface area contributed by atoms with Crippen LogP contribution in [0.25, 0.3) is 0 Å². The second kappa shape index (κ2) is 6.54. The number of hydrogen-bond donors (Lipinski definition) is 1. The molecule has 0 aliphatic carbocycles. The zero-order valence-corrected chi connectivity index (χ0v) is 13.1. The Kier molecular flexibility index (Phi) is 4.99. The van der Waals surface area contributed by atoms with Crippen LogP contribution in [0.5, 0.6) is 0 Å². The minimum atomic E-state index is -0.391. The normalized spacial score (nSPS) is 21.4. The Bertz CT molecular complexity index is 457. The fourth-order valence-corrected chi connectivity index (χ4v) is 3.36. The molecule has 5 nitrogen and oxygen atoms in total. The average Bonchev–Trinajstić information content (AvgIpc) is 2.95. The monoisotopic (exact) mass is 298 g/mol. The summed E-state index contributed by atoms with van der Waals surface area (Å²) in [5.74, 6) is -0.391. The van der Waals surface area contributed by atoms with Gasteiger partial charge in [0.15, 0.2) is 10.8 Å². The van der Waals surface area contributed by atoms with Crippen molar-refractivity contribution in [3.63, 3.8) is 0 Å². The highest BCUT2D eigenvalue weighted by Gasteiger charge is 2.34. The van der Waals surface area contributed by atoms with Gasteiger partial charge in [0, 0.05) is 18.0 Å². The Morgan fingerprint density at radius 1 is 1.60 bits per heavy atom. The predicted octanol–water partition coefficient (Wildman–Crippen LogP) is 3.08. The van der Waals surface area contributed by atoms with Gasteiger partial charge in [-0.15, -0.1) is 11.3 Å². The Morgan fingerprint density at radius 2 is 2.35 bits per heavy atom. The molecule has 0 spiro atoms.